The first kappa shape index (κ1) is 15.7. The standard InChI is InChI=1S/C15H25BrN2/c1-12(2)9-17-10-13(3)18(4)11-14-5-7-15(16)8-6-14/h5-8,12-13,17H,9-11H2,1-4H3. The third-order valence-corrected chi connectivity index (χ3v) is 3.62. The van der Waals surface area contributed by atoms with Crippen LogP contribution in [0, 0.1) is 5.92 Å². The Labute approximate surface area is 120 Å². The summed E-state index contributed by atoms with van der Waals surface area (Å²) in [6.45, 7) is 9.89. The largest absolute Gasteiger partial charge is 0.315 e. The first-order valence-electron chi connectivity index (χ1n) is 6.64. The predicted molar refractivity (Wildman–Crippen MR) is 82.8 cm³/mol. The van der Waals surface area contributed by atoms with Gasteiger partial charge in [-0.15, -0.1) is 0 Å². The summed E-state index contributed by atoms with van der Waals surface area (Å²) in [4.78, 5) is 2.39. The normalized spacial score (nSPS) is 13.3. The molecule has 0 aliphatic heterocycles. The molecule has 0 fully saturated rings. The first-order valence-corrected chi connectivity index (χ1v) is 7.43. The Balaban J connectivity index is 2.35. The predicted octanol–water partition coefficient (Wildman–Crippen LogP) is 3.52. The molecule has 0 saturated carbocycles. The maximum absolute atomic E-state index is 3.51. The van der Waals surface area contributed by atoms with E-state index in [1.54, 1.807) is 0 Å². The van der Waals surface area contributed by atoms with Gasteiger partial charge in [-0.25, -0.2) is 0 Å². The van der Waals surface area contributed by atoms with E-state index in [0.717, 1.165) is 24.1 Å². The summed E-state index contributed by atoms with van der Waals surface area (Å²) < 4.78 is 1.14. The maximum Gasteiger partial charge on any atom is 0.0234 e. The summed E-state index contributed by atoms with van der Waals surface area (Å²) >= 11 is 3.46. The van der Waals surface area contributed by atoms with Crippen LogP contribution in [0.25, 0.3) is 0 Å². The highest BCUT2D eigenvalue weighted by Gasteiger charge is 2.09. The molecule has 0 bridgehead atoms. The summed E-state index contributed by atoms with van der Waals surface area (Å²) in [5.41, 5.74) is 1.36. The molecule has 0 amide bonds. The van der Waals surface area contributed by atoms with E-state index in [1.165, 1.54) is 5.56 Å². The number of likely N-dealkylation sites (N-methyl/N-ethyl adjacent to an activating group) is 1. The van der Waals surface area contributed by atoms with E-state index < -0.39 is 0 Å². The molecular weight excluding hydrogens is 288 g/mol. The number of benzene rings is 1. The van der Waals surface area contributed by atoms with E-state index in [2.05, 4.69) is 78.2 Å². The molecule has 3 heteroatoms. The molecule has 1 rings (SSSR count). The molecule has 0 aliphatic carbocycles. The van der Waals surface area contributed by atoms with Crippen LogP contribution < -0.4 is 5.32 Å². The van der Waals surface area contributed by atoms with Gasteiger partial charge in [-0.05, 0) is 44.1 Å². The lowest BCUT2D eigenvalue weighted by atomic mass is 10.2. The van der Waals surface area contributed by atoms with Crippen molar-refractivity contribution in [2.75, 3.05) is 20.1 Å². The Bertz CT molecular complexity index is 335. The van der Waals surface area contributed by atoms with Crippen molar-refractivity contribution in [3.05, 3.63) is 34.3 Å². The van der Waals surface area contributed by atoms with Gasteiger partial charge in [0.15, 0.2) is 0 Å². The zero-order valence-corrected chi connectivity index (χ0v) is 13.5. The van der Waals surface area contributed by atoms with Crippen LogP contribution in [0.2, 0.25) is 0 Å². The Kier molecular flexibility index (Phi) is 6.90. The molecule has 0 aliphatic rings. The number of hydrogen-bond donors (Lipinski definition) is 1. The van der Waals surface area contributed by atoms with Crippen LogP contribution in [0.15, 0.2) is 28.7 Å². The average molecular weight is 313 g/mol. The second-order valence-electron chi connectivity index (χ2n) is 5.44. The maximum atomic E-state index is 3.51. The van der Waals surface area contributed by atoms with Gasteiger partial charge in [0.25, 0.3) is 0 Å². The topological polar surface area (TPSA) is 15.3 Å². The Morgan fingerprint density at radius 1 is 1.11 bits per heavy atom. The minimum Gasteiger partial charge on any atom is -0.315 e. The van der Waals surface area contributed by atoms with Gasteiger partial charge >= 0.3 is 0 Å². The molecule has 0 heterocycles. The van der Waals surface area contributed by atoms with Crippen LogP contribution in [-0.4, -0.2) is 31.1 Å². The minimum atomic E-state index is 0.549. The summed E-state index contributed by atoms with van der Waals surface area (Å²) in [5.74, 6) is 0.717. The molecule has 0 spiro atoms. The second kappa shape index (κ2) is 7.93. The number of halogens is 1. The van der Waals surface area contributed by atoms with E-state index >= 15 is 0 Å². The lowest BCUT2D eigenvalue weighted by molar-refractivity contribution is 0.241. The van der Waals surface area contributed by atoms with E-state index in [-0.39, 0.29) is 0 Å². The number of hydrogen-bond acceptors (Lipinski definition) is 2. The third kappa shape index (κ3) is 5.98. The van der Waals surface area contributed by atoms with Crippen LogP contribution in [0.5, 0.6) is 0 Å². The van der Waals surface area contributed by atoms with Gasteiger partial charge in [-0.1, -0.05) is 41.9 Å². The highest BCUT2D eigenvalue weighted by Crippen LogP contribution is 2.12. The number of nitrogens with zero attached hydrogens (tertiary/aromatic N) is 1. The molecule has 0 saturated heterocycles. The molecule has 1 aromatic rings. The third-order valence-electron chi connectivity index (χ3n) is 3.09. The highest BCUT2D eigenvalue weighted by atomic mass is 79.9. The summed E-state index contributed by atoms with van der Waals surface area (Å²) in [7, 11) is 2.18. The van der Waals surface area contributed by atoms with E-state index in [0.29, 0.717) is 12.0 Å². The summed E-state index contributed by atoms with van der Waals surface area (Å²) in [6.07, 6.45) is 0. The van der Waals surface area contributed by atoms with E-state index in [9.17, 15) is 0 Å². The number of rotatable bonds is 7. The molecule has 102 valence electrons. The van der Waals surface area contributed by atoms with Crippen molar-refractivity contribution in [2.45, 2.75) is 33.4 Å². The lowest BCUT2D eigenvalue weighted by Crippen LogP contribution is -2.38. The van der Waals surface area contributed by atoms with Gasteiger partial charge < -0.3 is 5.32 Å². The Hall–Kier alpha value is -0.380. The SMILES string of the molecule is CC(C)CNCC(C)N(C)Cc1ccc(Br)cc1. The van der Waals surface area contributed by atoms with Gasteiger partial charge in [0.1, 0.15) is 0 Å². The van der Waals surface area contributed by atoms with Crippen molar-refractivity contribution in [1.82, 2.24) is 10.2 Å². The second-order valence-corrected chi connectivity index (χ2v) is 6.36. The number of nitrogens with one attached hydrogen (secondary N) is 1. The summed E-state index contributed by atoms with van der Waals surface area (Å²) in [5, 5.41) is 3.51. The average Bonchev–Trinajstić information content (AvgIpc) is 2.31. The van der Waals surface area contributed by atoms with Crippen LogP contribution in [0.1, 0.15) is 26.3 Å². The highest BCUT2D eigenvalue weighted by molar-refractivity contribution is 9.10. The van der Waals surface area contributed by atoms with Gasteiger partial charge in [0.2, 0.25) is 0 Å². The Morgan fingerprint density at radius 2 is 1.72 bits per heavy atom. The van der Waals surface area contributed by atoms with Gasteiger partial charge in [-0.3, -0.25) is 4.90 Å². The molecule has 0 aromatic heterocycles. The fourth-order valence-corrected chi connectivity index (χ4v) is 2.03. The van der Waals surface area contributed by atoms with Crippen molar-refractivity contribution < 1.29 is 0 Å². The quantitative estimate of drug-likeness (QED) is 0.828. The zero-order valence-electron chi connectivity index (χ0n) is 11.9. The van der Waals surface area contributed by atoms with Crippen LogP contribution >= 0.6 is 15.9 Å². The molecule has 2 nitrogen and oxygen atoms in total. The minimum absolute atomic E-state index is 0.549. The van der Waals surface area contributed by atoms with Crippen molar-refractivity contribution in [1.29, 1.82) is 0 Å². The zero-order chi connectivity index (χ0) is 13.5. The smallest absolute Gasteiger partial charge is 0.0234 e. The van der Waals surface area contributed by atoms with Crippen molar-refractivity contribution in [3.8, 4) is 0 Å². The monoisotopic (exact) mass is 312 g/mol. The van der Waals surface area contributed by atoms with Gasteiger partial charge in [0, 0.05) is 23.6 Å². The van der Waals surface area contributed by atoms with Crippen molar-refractivity contribution >= 4 is 15.9 Å². The van der Waals surface area contributed by atoms with Crippen LogP contribution in [0.4, 0.5) is 0 Å². The molecule has 1 N–H and O–H groups in total. The molecule has 18 heavy (non-hydrogen) atoms. The lowest BCUT2D eigenvalue weighted by Gasteiger charge is -2.25. The Morgan fingerprint density at radius 3 is 2.28 bits per heavy atom. The first-order chi connectivity index (χ1) is 8.49. The van der Waals surface area contributed by atoms with Crippen LogP contribution in [-0.2, 0) is 6.54 Å². The van der Waals surface area contributed by atoms with Crippen molar-refractivity contribution in [3.63, 3.8) is 0 Å². The molecule has 0 radical (unpaired) electrons. The molecule has 1 unspecified atom stereocenters. The van der Waals surface area contributed by atoms with Gasteiger partial charge in [0.05, 0.1) is 0 Å². The molecule has 1 atom stereocenters. The van der Waals surface area contributed by atoms with Crippen molar-refractivity contribution in [2.24, 2.45) is 5.92 Å². The molecule has 1 aromatic carbocycles. The van der Waals surface area contributed by atoms with E-state index in [1.807, 2.05) is 0 Å². The van der Waals surface area contributed by atoms with Gasteiger partial charge in [-0.2, -0.15) is 0 Å². The van der Waals surface area contributed by atoms with Crippen LogP contribution in [0.3, 0.4) is 0 Å². The fraction of sp³-hybridized carbons (Fsp3) is 0.600. The van der Waals surface area contributed by atoms with E-state index in [4.69, 9.17) is 0 Å². The summed E-state index contributed by atoms with van der Waals surface area (Å²) in [6, 6.07) is 9.10. The fourth-order valence-electron chi connectivity index (χ4n) is 1.77. The molecular formula is C15H25BrN2.